The Balaban J connectivity index is 1.75. The predicted octanol–water partition coefficient (Wildman–Crippen LogP) is 2.28. The summed E-state index contributed by atoms with van der Waals surface area (Å²) in [6.07, 6.45) is 5.27. The molecule has 2 heterocycles. The van der Waals surface area contributed by atoms with Crippen molar-refractivity contribution < 1.29 is 22.4 Å². The third-order valence-corrected chi connectivity index (χ3v) is 7.33. The van der Waals surface area contributed by atoms with E-state index in [1.54, 1.807) is 31.2 Å². The second-order valence-electron chi connectivity index (χ2n) is 7.68. The van der Waals surface area contributed by atoms with Gasteiger partial charge in [-0.1, -0.05) is 6.08 Å². The number of nitrogens with zero attached hydrogens (tertiary/aromatic N) is 3. The van der Waals surface area contributed by atoms with Crippen molar-refractivity contribution in [3.63, 3.8) is 0 Å². The number of likely N-dealkylation sites (N-methyl/N-ethyl adjacent to an activating group) is 1. The number of carbonyl (C=O) groups excluding carboxylic acids is 2. The number of aromatic nitrogens is 2. The standard InChI is InChI=1S/C21H25FN4O4S2/c1-14-10-23-26(11-14)6-4-20(27)24-32(29,30)17-8-18(15(2)19(22)9-17)21(28)25(3)12-16-5-7-31-13-16/h5,8-11H,4,6-7,12-13H2,1-3H3,(H,24,27). The molecule has 0 saturated heterocycles. The van der Waals surface area contributed by atoms with Crippen LogP contribution >= 0.6 is 11.8 Å². The molecule has 0 radical (unpaired) electrons. The van der Waals surface area contributed by atoms with Crippen LogP contribution in [0.2, 0.25) is 0 Å². The summed E-state index contributed by atoms with van der Waals surface area (Å²) in [5.74, 6) is -0.367. The zero-order chi connectivity index (χ0) is 23.5. The summed E-state index contributed by atoms with van der Waals surface area (Å²) >= 11 is 1.74. The maximum atomic E-state index is 14.5. The summed E-state index contributed by atoms with van der Waals surface area (Å²) in [7, 11) is -2.77. The van der Waals surface area contributed by atoms with Crippen LogP contribution in [0.15, 0.2) is 41.1 Å². The first-order chi connectivity index (χ1) is 15.1. The van der Waals surface area contributed by atoms with Gasteiger partial charge in [-0.05, 0) is 42.7 Å². The van der Waals surface area contributed by atoms with Crippen molar-refractivity contribution in [2.75, 3.05) is 25.1 Å². The Morgan fingerprint density at radius 2 is 2.06 bits per heavy atom. The fourth-order valence-corrected chi connectivity index (χ4v) is 5.21. The van der Waals surface area contributed by atoms with Crippen LogP contribution in [0.5, 0.6) is 0 Å². The topological polar surface area (TPSA) is 101 Å². The quantitative estimate of drug-likeness (QED) is 0.582. The Bertz CT molecular complexity index is 1170. The number of carbonyl (C=O) groups is 2. The van der Waals surface area contributed by atoms with E-state index in [1.807, 2.05) is 17.7 Å². The smallest absolute Gasteiger partial charge is 0.264 e. The summed E-state index contributed by atoms with van der Waals surface area (Å²) in [5.41, 5.74) is 2.00. The normalized spacial score (nSPS) is 13.7. The van der Waals surface area contributed by atoms with E-state index in [2.05, 4.69) is 5.10 Å². The SMILES string of the molecule is Cc1cnn(CCC(=O)NS(=O)(=O)c2cc(F)c(C)c(C(=O)N(C)CC3=CCSC3)c2)c1. The van der Waals surface area contributed by atoms with Crippen LogP contribution in [0, 0.1) is 19.7 Å². The number of benzene rings is 1. The number of halogens is 1. The number of nitrogens with one attached hydrogen (secondary N) is 1. The number of thioether (sulfide) groups is 1. The second kappa shape index (κ2) is 9.86. The van der Waals surface area contributed by atoms with E-state index < -0.39 is 32.6 Å². The second-order valence-corrected chi connectivity index (χ2v) is 10.4. The van der Waals surface area contributed by atoms with E-state index in [0.29, 0.717) is 6.54 Å². The van der Waals surface area contributed by atoms with Gasteiger partial charge >= 0.3 is 0 Å². The van der Waals surface area contributed by atoms with Gasteiger partial charge in [0.1, 0.15) is 5.82 Å². The van der Waals surface area contributed by atoms with Crippen LogP contribution in [0.25, 0.3) is 0 Å². The summed E-state index contributed by atoms with van der Waals surface area (Å²) in [5, 5.41) is 4.04. The monoisotopic (exact) mass is 480 g/mol. The average molecular weight is 481 g/mol. The fourth-order valence-electron chi connectivity index (χ4n) is 3.21. The van der Waals surface area contributed by atoms with Gasteiger partial charge in [0.2, 0.25) is 5.91 Å². The molecule has 0 unspecified atom stereocenters. The Hall–Kier alpha value is -2.66. The van der Waals surface area contributed by atoms with E-state index in [9.17, 15) is 22.4 Å². The zero-order valence-electron chi connectivity index (χ0n) is 18.1. The minimum atomic E-state index is -4.36. The molecule has 1 N–H and O–H groups in total. The number of amides is 2. The molecule has 0 bridgehead atoms. The number of sulfonamides is 1. The lowest BCUT2D eigenvalue weighted by molar-refractivity contribution is -0.119. The zero-order valence-corrected chi connectivity index (χ0v) is 19.7. The summed E-state index contributed by atoms with van der Waals surface area (Å²) in [4.78, 5) is 26.0. The molecule has 0 atom stereocenters. The average Bonchev–Trinajstić information content (AvgIpc) is 3.39. The molecular formula is C21H25FN4O4S2. The van der Waals surface area contributed by atoms with E-state index >= 15 is 0 Å². The third kappa shape index (κ3) is 5.77. The molecule has 1 aromatic carbocycles. The van der Waals surface area contributed by atoms with Crippen LogP contribution in [-0.2, 0) is 21.4 Å². The fraction of sp³-hybridized carbons (Fsp3) is 0.381. The molecule has 11 heteroatoms. The third-order valence-electron chi connectivity index (χ3n) is 5.00. The van der Waals surface area contributed by atoms with Crippen LogP contribution < -0.4 is 4.72 Å². The molecule has 1 aliphatic rings. The summed E-state index contributed by atoms with van der Waals surface area (Å²) in [6, 6.07) is 1.93. The highest BCUT2D eigenvalue weighted by Gasteiger charge is 2.25. The molecule has 0 saturated carbocycles. The first-order valence-electron chi connectivity index (χ1n) is 9.93. The summed E-state index contributed by atoms with van der Waals surface area (Å²) < 4.78 is 43.4. The lowest BCUT2D eigenvalue weighted by Crippen LogP contribution is -2.32. The lowest BCUT2D eigenvalue weighted by atomic mass is 10.1. The van der Waals surface area contributed by atoms with Crippen molar-refractivity contribution >= 4 is 33.6 Å². The maximum absolute atomic E-state index is 14.5. The van der Waals surface area contributed by atoms with Crippen molar-refractivity contribution in [1.29, 1.82) is 0 Å². The Labute approximate surface area is 190 Å². The molecule has 0 fully saturated rings. The van der Waals surface area contributed by atoms with Gasteiger partial charge in [0, 0.05) is 49.8 Å². The van der Waals surface area contributed by atoms with E-state index in [1.165, 1.54) is 16.5 Å². The highest BCUT2D eigenvalue weighted by atomic mass is 32.2. The number of rotatable bonds is 8. The molecule has 32 heavy (non-hydrogen) atoms. The van der Waals surface area contributed by atoms with Gasteiger partial charge in [-0.2, -0.15) is 16.9 Å². The van der Waals surface area contributed by atoms with E-state index in [-0.39, 0.29) is 24.1 Å². The minimum Gasteiger partial charge on any atom is -0.338 e. The molecule has 0 spiro atoms. The summed E-state index contributed by atoms with van der Waals surface area (Å²) in [6.45, 7) is 3.84. The largest absolute Gasteiger partial charge is 0.338 e. The van der Waals surface area contributed by atoms with Crippen molar-refractivity contribution in [2.24, 2.45) is 0 Å². The molecular weight excluding hydrogens is 455 g/mol. The van der Waals surface area contributed by atoms with Gasteiger partial charge in [-0.15, -0.1) is 0 Å². The van der Waals surface area contributed by atoms with Gasteiger partial charge < -0.3 is 4.90 Å². The highest BCUT2D eigenvalue weighted by molar-refractivity contribution is 7.99. The highest BCUT2D eigenvalue weighted by Crippen LogP contribution is 2.22. The lowest BCUT2D eigenvalue weighted by Gasteiger charge is -2.20. The molecule has 172 valence electrons. The maximum Gasteiger partial charge on any atom is 0.264 e. The number of aryl methyl sites for hydroxylation is 2. The Kier molecular flexibility index (Phi) is 7.40. The number of hydrogen-bond donors (Lipinski definition) is 1. The number of hydrogen-bond acceptors (Lipinski definition) is 6. The molecule has 8 nitrogen and oxygen atoms in total. The predicted molar refractivity (Wildman–Crippen MR) is 120 cm³/mol. The molecule has 2 amide bonds. The van der Waals surface area contributed by atoms with E-state index in [4.69, 9.17) is 0 Å². The van der Waals surface area contributed by atoms with Crippen LogP contribution in [-0.4, -0.2) is 60.0 Å². The molecule has 1 aromatic heterocycles. The van der Waals surface area contributed by atoms with E-state index in [0.717, 1.165) is 34.8 Å². The van der Waals surface area contributed by atoms with Gasteiger partial charge in [-0.3, -0.25) is 14.3 Å². The first-order valence-corrected chi connectivity index (χ1v) is 12.6. The van der Waals surface area contributed by atoms with Crippen molar-refractivity contribution in [1.82, 2.24) is 19.4 Å². The van der Waals surface area contributed by atoms with Gasteiger partial charge in [0.15, 0.2) is 0 Å². The molecule has 3 rings (SSSR count). The van der Waals surface area contributed by atoms with Crippen LogP contribution in [0.3, 0.4) is 0 Å². The van der Waals surface area contributed by atoms with Gasteiger partial charge in [-0.25, -0.2) is 17.5 Å². The van der Waals surface area contributed by atoms with Gasteiger partial charge in [0.25, 0.3) is 15.9 Å². The van der Waals surface area contributed by atoms with Gasteiger partial charge in [0.05, 0.1) is 11.1 Å². The van der Waals surface area contributed by atoms with Crippen LogP contribution in [0.4, 0.5) is 4.39 Å². The minimum absolute atomic E-state index is 0.0518. The molecule has 2 aromatic rings. The van der Waals surface area contributed by atoms with Crippen molar-refractivity contribution in [3.8, 4) is 0 Å². The van der Waals surface area contributed by atoms with Crippen LogP contribution in [0.1, 0.15) is 27.9 Å². The van der Waals surface area contributed by atoms with Crippen molar-refractivity contribution in [3.05, 3.63) is 58.7 Å². The Morgan fingerprint density at radius 3 is 2.69 bits per heavy atom. The molecule has 1 aliphatic heterocycles. The Morgan fingerprint density at radius 1 is 1.31 bits per heavy atom. The van der Waals surface area contributed by atoms with Crippen molar-refractivity contribution in [2.45, 2.75) is 31.7 Å². The first kappa shape index (κ1) is 24.0. The molecule has 0 aliphatic carbocycles.